The Bertz CT molecular complexity index is 1580. The summed E-state index contributed by atoms with van der Waals surface area (Å²) in [5, 5.41) is 2.35. The minimum Gasteiger partial charge on any atom is -0.461 e. The largest absolute Gasteiger partial charge is 0.573 e. The molecule has 7 rings (SSSR count). The smallest absolute Gasteiger partial charge is 0.461 e. The van der Waals surface area contributed by atoms with E-state index >= 15 is 4.39 Å². The van der Waals surface area contributed by atoms with Crippen molar-refractivity contribution in [3.63, 3.8) is 0 Å². The number of halogens is 5. The maximum absolute atomic E-state index is 16.9. The third-order valence-electron chi connectivity index (χ3n) is 9.34. The van der Waals surface area contributed by atoms with Gasteiger partial charge < -0.3 is 25.4 Å². The molecule has 0 spiro atoms. The minimum absolute atomic E-state index is 0.00764. The van der Waals surface area contributed by atoms with Crippen molar-refractivity contribution in [3.05, 3.63) is 35.4 Å². The second kappa shape index (κ2) is 10.7. The average molecular weight is 638 g/mol. The van der Waals surface area contributed by atoms with E-state index < -0.39 is 40.1 Å². The molecule has 2 atom stereocenters. The molecule has 0 amide bonds. The third kappa shape index (κ3) is 4.96. The molecule has 1 aliphatic carbocycles. The van der Waals surface area contributed by atoms with Crippen molar-refractivity contribution in [2.24, 2.45) is 10.7 Å². The number of ether oxygens (including phenoxy) is 2. The van der Waals surface area contributed by atoms with Gasteiger partial charge in [0, 0.05) is 31.6 Å². The van der Waals surface area contributed by atoms with Gasteiger partial charge in [-0.2, -0.15) is 9.97 Å². The molecule has 236 valence electrons. The summed E-state index contributed by atoms with van der Waals surface area (Å²) in [4.78, 5) is 17.7. The zero-order chi connectivity index (χ0) is 30.9. The number of allylic oxidation sites excluding steroid dienone is 2. The van der Waals surface area contributed by atoms with Crippen LogP contribution in [0.2, 0.25) is 0 Å². The first-order valence-corrected chi connectivity index (χ1v) is 15.6. The molecule has 0 bridgehead atoms. The predicted molar refractivity (Wildman–Crippen MR) is 158 cm³/mol. The molecule has 15 heteroatoms. The topological polar surface area (TPSA) is 101 Å². The highest BCUT2D eigenvalue weighted by atomic mass is 32.2. The molecule has 0 saturated carbocycles. The summed E-state index contributed by atoms with van der Waals surface area (Å²) in [6, 6.07) is 1.06. The lowest BCUT2D eigenvalue weighted by molar-refractivity contribution is -0.274. The van der Waals surface area contributed by atoms with Crippen LogP contribution < -0.4 is 25.4 Å². The number of fused-ring (bicyclic) bond motifs is 3. The van der Waals surface area contributed by atoms with Gasteiger partial charge in [0.15, 0.2) is 11.0 Å². The van der Waals surface area contributed by atoms with E-state index in [1.807, 2.05) is 4.90 Å². The fourth-order valence-electron chi connectivity index (χ4n) is 7.30. The van der Waals surface area contributed by atoms with Gasteiger partial charge in [-0.25, -0.2) is 13.8 Å². The Morgan fingerprint density at radius 1 is 1.09 bits per heavy atom. The molecule has 3 N–H and O–H groups in total. The Kier molecular flexibility index (Phi) is 7.20. The number of anilines is 1. The van der Waals surface area contributed by atoms with Crippen molar-refractivity contribution in [2.45, 2.75) is 55.3 Å². The highest BCUT2D eigenvalue weighted by molar-refractivity contribution is 8.14. The van der Waals surface area contributed by atoms with Gasteiger partial charge in [0.2, 0.25) is 0 Å². The van der Waals surface area contributed by atoms with E-state index in [0.29, 0.717) is 32.8 Å². The highest BCUT2D eigenvalue weighted by Crippen LogP contribution is 2.53. The number of benzene rings is 1. The van der Waals surface area contributed by atoms with Crippen LogP contribution in [0.25, 0.3) is 16.5 Å². The lowest BCUT2D eigenvalue weighted by atomic mass is 9.79. The van der Waals surface area contributed by atoms with Crippen LogP contribution in [0.4, 0.5) is 27.8 Å². The second-order valence-electron chi connectivity index (χ2n) is 12.0. The van der Waals surface area contributed by atoms with Gasteiger partial charge in [0.1, 0.15) is 35.1 Å². The van der Waals surface area contributed by atoms with Crippen molar-refractivity contribution in [1.29, 1.82) is 0 Å². The van der Waals surface area contributed by atoms with Crippen LogP contribution in [0.3, 0.4) is 0 Å². The van der Waals surface area contributed by atoms with Crippen LogP contribution in [0.1, 0.15) is 38.2 Å². The Balaban J connectivity index is 1.40. The first kappa shape index (κ1) is 29.5. The van der Waals surface area contributed by atoms with Crippen LogP contribution >= 0.6 is 11.8 Å². The van der Waals surface area contributed by atoms with Crippen LogP contribution in [0, 0.1) is 5.82 Å². The molecule has 44 heavy (non-hydrogen) atoms. The molecular weight excluding hydrogens is 605 g/mol. The normalized spacial score (nSPS) is 26.7. The summed E-state index contributed by atoms with van der Waals surface area (Å²) in [5.74, 6) is -2.19. The fourth-order valence-corrected chi connectivity index (χ4v) is 8.38. The van der Waals surface area contributed by atoms with Gasteiger partial charge in [-0.05, 0) is 63.4 Å². The molecule has 3 fully saturated rings. The van der Waals surface area contributed by atoms with Crippen LogP contribution in [0.15, 0.2) is 29.0 Å². The van der Waals surface area contributed by atoms with Gasteiger partial charge in [-0.15, -0.1) is 13.2 Å². The van der Waals surface area contributed by atoms with E-state index in [1.165, 1.54) is 13.0 Å². The summed E-state index contributed by atoms with van der Waals surface area (Å²) in [5.41, 5.74) is 3.56. The number of thioether (sulfide) groups is 1. The molecule has 2 aromatic rings. The standard InChI is InChI=1S/C29H32F5N7O2S/c1-27-17(4-5-18(30)23(27)44-25(35)39-27)20-19(43-29(32,33)34)14-16-22(21(20)31)37-26(38-24(16)40-12-8-36-9-13-40)42-15-28-6-2-10-41(28)11-3-7-28/h4-5,14,23,36H,2-3,6-13,15H2,1H3,(H2,35,39). The molecule has 3 saturated heterocycles. The fraction of sp³-hybridized carbons (Fsp3) is 0.552. The first-order chi connectivity index (χ1) is 21.0. The van der Waals surface area contributed by atoms with Crippen molar-refractivity contribution in [2.75, 3.05) is 50.8 Å². The zero-order valence-corrected chi connectivity index (χ0v) is 24.8. The van der Waals surface area contributed by atoms with Crippen molar-refractivity contribution < 1.29 is 31.4 Å². The van der Waals surface area contributed by atoms with Crippen LogP contribution in [-0.4, -0.2) is 88.6 Å². The summed E-state index contributed by atoms with van der Waals surface area (Å²) in [6.45, 7) is 6.00. The van der Waals surface area contributed by atoms with E-state index in [1.54, 1.807) is 0 Å². The number of nitrogens with zero attached hydrogens (tertiary/aromatic N) is 5. The Hall–Kier alpha value is -3.17. The summed E-state index contributed by atoms with van der Waals surface area (Å²) >= 11 is 0.928. The number of alkyl halides is 3. The van der Waals surface area contributed by atoms with E-state index in [-0.39, 0.29) is 39.0 Å². The molecule has 5 heterocycles. The lowest BCUT2D eigenvalue weighted by Gasteiger charge is -2.34. The van der Waals surface area contributed by atoms with E-state index in [0.717, 1.165) is 62.7 Å². The Morgan fingerprint density at radius 2 is 1.82 bits per heavy atom. The van der Waals surface area contributed by atoms with Gasteiger partial charge in [0.25, 0.3) is 0 Å². The third-order valence-corrected chi connectivity index (χ3v) is 10.6. The molecule has 4 aliphatic heterocycles. The number of aromatic nitrogens is 2. The number of piperazine rings is 1. The molecular formula is C29H32F5N7O2S. The molecule has 0 radical (unpaired) electrons. The number of amidine groups is 1. The van der Waals surface area contributed by atoms with Crippen molar-refractivity contribution >= 4 is 39.2 Å². The Morgan fingerprint density at radius 3 is 2.52 bits per heavy atom. The highest BCUT2D eigenvalue weighted by Gasteiger charge is 2.50. The second-order valence-corrected chi connectivity index (χ2v) is 13.1. The van der Waals surface area contributed by atoms with Crippen LogP contribution in [0.5, 0.6) is 11.8 Å². The van der Waals surface area contributed by atoms with Gasteiger partial charge in [-0.1, -0.05) is 17.8 Å². The van der Waals surface area contributed by atoms with Gasteiger partial charge in [0.05, 0.1) is 16.4 Å². The zero-order valence-electron chi connectivity index (χ0n) is 24.0. The van der Waals surface area contributed by atoms with Crippen molar-refractivity contribution in [1.82, 2.24) is 20.2 Å². The maximum Gasteiger partial charge on any atom is 0.573 e. The number of nitrogens with one attached hydrogen (secondary N) is 1. The number of nitrogens with two attached hydrogens (primary N) is 1. The van der Waals surface area contributed by atoms with Gasteiger partial charge >= 0.3 is 12.4 Å². The number of aliphatic imine (C=N–C) groups is 1. The molecule has 5 aliphatic rings. The molecule has 2 unspecified atom stereocenters. The number of hydrogen-bond donors (Lipinski definition) is 2. The first-order valence-electron chi connectivity index (χ1n) is 14.7. The summed E-state index contributed by atoms with van der Waals surface area (Å²) < 4.78 is 83.9. The maximum atomic E-state index is 16.9. The van der Waals surface area contributed by atoms with Crippen LogP contribution in [-0.2, 0) is 0 Å². The number of hydrogen-bond acceptors (Lipinski definition) is 10. The lowest BCUT2D eigenvalue weighted by Crippen LogP contribution is -2.44. The van der Waals surface area contributed by atoms with Gasteiger partial charge in [-0.3, -0.25) is 4.90 Å². The monoisotopic (exact) mass is 637 g/mol. The SMILES string of the molecule is CC12N=C(N)SC1C(F)=CC=C2c1c(OC(F)(F)F)cc2c(N3CCNCC3)nc(OCC34CCCN3CCC4)nc2c1F. The molecule has 1 aromatic heterocycles. The van der Waals surface area contributed by atoms with E-state index in [4.69, 9.17) is 10.5 Å². The minimum atomic E-state index is -5.15. The van der Waals surface area contributed by atoms with E-state index in [9.17, 15) is 17.6 Å². The Labute approximate surface area is 254 Å². The van der Waals surface area contributed by atoms with Crippen molar-refractivity contribution in [3.8, 4) is 11.8 Å². The summed E-state index contributed by atoms with van der Waals surface area (Å²) in [7, 11) is 0. The average Bonchev–Trinajstić information content (AvgIpc) is 3.65. The molecule has 1 aromatic carbocycles. The van der Waals surface area contributed by atoms with E-state index in [2.05, 4.69) is 29.9 Å². The number of rotatable bonds is 6. The summed E-state index contributed by atoms with van der Waals surface area (Å²) in [6.07, 6.45) is 1.24. The quantitative estimate of drug-likeness (QED) is 0.443. The molecule has 9 nitrogen and oxygen atoms in total. The predicted octanol–water partition coefficient (Wildman–Crippen LogP) is 4.52.